The van der Waals surface area contributed by atoms with Crippen molar-refractivity contribution in [3.05, 3.63) is 69.8 Å². The first-order valence-electron chi connectivity index (χ1n) is 7.18. The van der Waals surface area contributed by atoms with Crippen LogP contribution in [-0.4, -0.2) is 11.5 Å². The third-order valence-electron chi connectivity index (χ3n) is 3.47. The van der Waals surface area contributed by atoms with E-state index < -0.39 is 30.5 Å². The highest BCUT2D eigenvalue weighted by Crippen LogP contribution is 2.56. The first kappa shape index (κ1) is 17.5. The summed E-state index contributed by atoms with van der Waals surface area (Å²) in [4.78, 5) is 10.0. The molecular formula is C15H12F2NO6P. The number of nitro groups is 1. The van der Waals surface area contributed by atoms with Crippen molar-refractivity contribution in [2.45, 2.75) is 12.5 Å². The molecule has 25 heavy (non-hydrogen) atoms. The molecule has 0 radical (unpaired) electrons. The highest BCUT2D eigenvalue weighted by molar-refractivity contribution is 7.49. The molecule has 1 aliphatic heterocycles. The molecule has 2 aromatic carbocycles. The molecule has 3 rings (SSSR count). The number of phosphoric ester groups is 1. The van der Waals surface area contributed by atoms with Crippen LogP contribution in [-0.2, 0) is 13.6 Å². The molecule has 1 saturated heterocycles. The largest absolute Gasteiger partial charge is 0.530 e. The quantitative estimate of drug-likeness (QED) is 0.445. The molecule has 0 N–H and O–H groups in total. The lowest BCUT2D eigenvalue weighted by Gasteiger charge is -2.29. The van der Waals surface area contributed by atoms with Crippen LogP contribution >= 0.6 is 7.82 Å². The van der Waals surface area contributed by atoms with Crippen LogP contribution in [0.5, 0.6) is 5.75 Å². The van der Waals surface area contributed by atoms with E-state index in [0.717, 1.165) is 12.1 Å². The highest BCUT2D eigenvalue weighted by atomic mass is 31.2. The minimum absolute atomic E-state index is 0.0217. The van der Waals surface area contributed by atoms with E-state index in [2.05, 4.69) is 0 Å². The van der Waals surface area contributed by atoms with Crippen molar-refractivity contribution in [2.24, 2.45) is 0 Å². The summed E-state index contributed by atoms with van der Waals surface area (Å²) in [5.74, 6) is -1.99. The molecule has 1 heterocycles. The van der Waals surface area contributed by atoms with E-state index in [9.17, 15) is 23.5 Å². The first-order valence-corrected chi connectivity index (χ1v) is 8.64. The van der Waals surface area contributed by atoms with Gasteiger partial charge < -0.3 is 4.52 Å². The second kappa shape index (κ2) is 6.87. The van der Waals surface area contributed by atoms with E-state index in [4.69, 9.17) is 13.6 Å². The van der Waals surface area contributed by atoms with E-state index in [1.54, 1.807) is 0 Å². The van der Waals surface area contributed by atoms with Gasteiger partial charge in [-0.3, -0.25) is 19.2 Å². The summed E-state index contributed by atoms with van der Waals surface area (Å²) in [6.45, 7) is 0.0217. The third-order valence-corrected chi connectivity index (χ3v) is 4.91. The molecule has 7 nitrogen and oxygen atoms in total. The average Bonchev–Trinajstić information content (AvgIpc) is 2.57. The Kier molecular flexibility index (Phi) is 4.80. The van der Waals surface area contributed by atoms with Crippen LogP contribution in [0.1, 0.15) is 18.1 Å². The van der Waals surface area contributed by atoms with Gasteiger partial charge in [0.2, 0.25) is 0 Å². The molecule has 0 saturated carbocycles. The molecule has 0 aliphatic carbocycles. The molecule has 1 unspecified atom stereocenters. The second-order valence-corrected chi connectivity index (χ2v) is 6.73. The lowest BCUT2D eigenvalue weighted by atomic mass is 10.1. The number of hydrogen-bond acceptors (Lipinski definition) is 6. The summed E-state index contributed by atoms with van der Waals surface area (Å²) in [7, 11) is -4.01. The Morgan fingerprint density at radius 2 is 1.88 bits per heavy atom. The number of hydrogen-bond donors (Lipinski definition) is 0. The van der Waals surface area contributed by atoms with E-state index in [0.29, 0.717) is 5.56 Å². The minimum Gasteiger partial charge on any atom is -0.404 e. The van der Waals surface area contributed by atoms with Crippen LogP contribution in [0.15, 0.2) is 42.5 Å². The minimum atomic E-state index is -4.01. The zero-order valence-corrected chi connectivity index (χ0v) is 13.5. The van der Waals surface area contributed by atoms with Crippen LogP contribution in [0, 0.1) is 21.7 Å². The van der Waals surface area contributed by atoms with E-state index in [-0.39, 0.29) is 24.5 Å². The molecule has 0 bridgehead atoms. The Morgan fingerprint density at radius 1 is 1.16 bits per heavy atom. The summed E-state index contributed by atoms with van der Waals surface area (Å²) in [5.41, 5.74) is 0.144. The number of benzene rings is 2. The van der Waals surface area contributed by atoms with Gasteiger partial charge in [-0.15, -0.1) is 0 Å². The summed E-state index contributed by atoms with van der Waals surface area (Å²) in [6.07, 6.45) is -0.522. The second-order valence-electron chi connectivity index (χ2n) is 5.18. The Bertz CT molecular complexity index is 844. The zero-order chi connectivity index (χ0) is 18.0. The standard InChI is InChI=1S/C15H12F2NO6P/c16-13-6-1-10(9-14(13)17)15-7-8-22-25(21,24-15)23-12-4-2-11(3-5-12)18(19)20/h1-6,9,15H,7-8H2/t15-,25?/m1/s1. The smallest absolute Gasteiger partial charge is 0.404 e. The Hall–Kier alpha value is -2.35. The molecule has 0 aromatic heterocycles. The van der Waals surface area contributed by atoms with Crippen molar-refractivity contribution < 1.29 is 31.8 Å². The predicted octanol–water partition coefficient (Wildman–Crippen LogP) is 4.54. The van der Waals surface area contributed by atoms with Gasteiger partial charge in [-0.2, -0.15) is 0 Å². The maximum atomic E-state index is 13.4. The molecule has 2 aromatic rings. The van der Waals surface area contributed by atoms with Crippen LogP contribution in [0.4, 0.5) is 14.5 Å². The maximum absolute atomic E-state index is 13.4. The number of halogens is 2. The van der Waals surface area contributed by atoms with E-state index in [1.165, 1.54) is 30.3 Å². The van der Waals surface area contributed by atoms with E-state index >= 15 is 0 Å². The van der Waals surface area contributed by atoms with Gasteiger partial charge >= 0.3 is 7.82 Å². The van der Waals surface area contributed by atoms with Crippen molar-refractivity contribution in [1.82, 2.24) is 0 Å². The number of rotatable bonds is 4. The Labute approximate surface area is 140 Å². The lowest BCUT2D eigenvalue weighted by Crippen LogP contribution is -2.16. The van der Waals surface area contributed by atoms with Gasteiger partial charge in [-0.05, 0) is 29.8 Å². The van der Waals surface area contributed by atoms with Crippen LogP contribution < -0.4 is 4.52 Å². The van der Waals surface area contributed by atoms with Gasteiger partial charge in [-0.1, -0.05) is 6.07 Å². The molecule has 10 heteroatoms. The number of phosphoric acid groups is 1. The molecule has 2 atom stereocenters. The number of non-ortho nitro benzene ring substituents is 1. The fourth-order valence-electron chi connectivity index (χ4n) is 2.26. The van der Waals surface area contributed by atoms with Crippen molar-refractivity contribution in [1.29, 1.82) is 0 Å². The van der Waals surface area contributed by atoms with Crippen molar-refractivity contribution in [3.63, 3.8) is 0 Å². The lowest BCUT2D eigenvalue weighted by molar-refractivity contribution is -0.384. The zero-order valence-electron chi connectivity index (χ0n) is 12.6. The van der Waals surface area contributed by atoms with Crippen LogP contribution in [0.25, 0.3) is 0 Å². The summed E-state index contributed by atoms with van der Waals surface area (Å²) in [5, 5.41) is 10.6. The highest BCUT2D eigenvalue weighted by Gasteiger charge is 2.37. The monoisotopic (exact) mass is 371 g/mol. The van der Waals surface area contributed by atoms with Crippen molar-refractivity contribution >= 4 is 13.5 Å². The first-order chi connectivity index (χ1) is 11.9. The predicted molar refractivity (Wildman–Crippen MR) is 82.1 cm³/mol. The molecule has 0 amide bonds. The van der Waals surface area contributed by atoms with Gasteiger partial charge in [0.05, 0.1) is 17.6 Å². The number of nitrogens with zero attached hydrogens (tertiary/aromatic N) is 1. The van der Waals surface area contributed by atoms with Crippen LogP contribution in [0.3, 0.4) is 0 Å². The SMILES string of the molecule is O=[N+]([O-])c1ccc(OP2(=O)OCC[C@H](c3ccc(F)c(F)c3)O2)cc1. The molecule has 1 fully saturated rings. The van der Waals surface area contributed by atoms with Gasteiger partial charge in [0.15, 0.2) is 11.6 Å². The van der Waals surface area contributed by atoms with E-state index in [1.807, 2.05) is 0 Å². The molecule has 132 valence electrons. The van der Waals surface area contributed by atoms with Gasteiger partial charge in [0.1, 0.15) is 5.75 Å². The van der Waals surface area contributed by atoms with Gasteiger partial charge in [0.25, 0.3) is 5.69 Å². The Balaban J connectivity index is 1.75. The van der Waals surface area contributed by atoms with Gasteiger partial charge in [0, 0.05) is 18.6 Å². The number of nitro benzene ring substituents is 1. The maximum Gasteiger partial charge on any atom is 0.530 e. The Morgan fingerprint density at radius 3 is 2.52 bits per heavy atom. The summed E-state index contributed by atoms with van der Waals surface area (Å²) < 4.78 is 54.6. The summed E-state index contributed by atoms with van der Waals surface area (Å²) in [6, 6.07) is 8.10. The fraction of sp³-hybridized carbons (Fsp3) is 0.200. The fourth-order valence-corrected chi connectivity index (χ4v) is 3.66. The van der Waals surface area contributed by atoms with Crippen LogP contribution in [0.2, 0.25) is 0 Å². The summed E-state index contributed by atoms with van der Waals surface area (Å²) >= 11 is 0. The normalized spacial score (nSPS) is 23.2. The van der Waals surface area contributed by atoms with Crippen molar-refractivity contribution in [3.8, 4) is 5.75 Å². The molecule has 1 aliphatic rings. The molecular weight excluding hydrogens is 359 g/mol. The topological polar surface area (TPSA) is 87.9 Å². The third kappa shape index (κ3) is 4.01. The average molecular weight is 371 g/mol. The van der Waals surface area contributed by atoms with Crippen molar-refractivity contribution in [2.75, 3.05) is 6.61 Å². The molecule has 0 spiro atoms. The van der Waals surface area contributed by atoms with Gasteiger partial charge in [-0.25, -0.2) is 13.3 Å².